The molecule has 1 fully saturated rings. The van der Waals surface area contributed by atoms with E-state index in [0.717, 1.165) is 4.31 Å². The van der Waals surface area contributed by atoms with Crippen LogP contribution in [-0.4, -0.2) is 56.7 Å². The van der Waals surface area contributed by atoms with Crippen molar-refractivity contribution in [3.8, 4) is 5.75 Å². The predicted octanol–water partition coefficient (Wildman–Crippen LogP) is 0.932. The fourth-order valence-corrected chi connectivity index (χ4v) is 4.10. The SMILES string of the molecule is COc1ccc(Br)cc1S(=O)(=O)N1CCOC(C(=O)O)C1. The molecule has 0 aromatic heterocycles. The number of sulfonamides is 1. The summed E-state index contributed by atoms with van der Waals surface area (Å²) in [4.78, 5) is 11.0. The smallest absolute Gasteiger partial charge is 0.334 e. The Morgan fingerprint density at radius 2 is 2.24 bits per heavy atom. The Bertz CT molecular complexity index is 647. The van der Waals surface area contributed by atoms with Crippen LogP contribution in [0, 0.1) is 0 Å². The van der Waals surface area contributed by atoms with Crippen LogP contribution in [0.1, 0.15) is 0 Å². The molecule has 9 heteroatoms. The number of hydrogen-bond acceptors (Lipinski definition) is 5. The molecule has 1 aliphatic heterocycles. The second-order valence-corrected chi connectivity index (χ2v) is 7.18. The number of nitrogens with zero attached hydrogens (tertiary/aromatic N) is 1. The van der Waals surface area contributed by atoms with Crippen LogP contribution >= 0.6 is 15.9 Å². The molecule has 1 heterocycles. The first kappa shape index (κ1) is 16.2. The van der Waals surface area contributed by atoms with Gasteiger partial charge >= 0.3 is 5.97 Å². The molecule has 1 saturated heterocycles. The number of carboxylic acids is 1. The summed E-state index contributed by atoms with van der Waals surface area (Å²) in [5.41, 5.74) is 0. The Morgan fingerprint density at radius 1 is 1.52 bits per heavy atom. The molecule has 0 saturated carbocycles. The zero-order chi connectivity index (χ0) is 15.6. The largest absolute Gasteiger partial charge is 0.495 e. The number of carboxylic acid groups (broad SMARTS) is 1. The van der Waals surface area contributed by atoms with Crippen LogP contribution in [0.5, 0.6) is 5.75 Å². The van der Waals surface area contributed by atoms with Crippen LogP contribution < -0.4 is 4.74 Å². The summed E-state index contributed by atoms with van der Waals surface area (Å²) in [5, 5.41) is 8.96. The third-order valence-electron chi connectivity index (χ3n) is 3.05. The summed E-state index contributed by atoms with van der Waals surface area (Å²) in [6.07, 6.45) is -1.16. The van der Waals surface area contributed by atoms with Crippen LogP contribution in [0.4, 0.5) is 0 Å². The van der Waals surface area contributed by atoms with E-state index in [-0.39, 0.29) is 30.3 Å². The Kier molecular flexibility index (Phi) is 4.87. The molecule has 1 unspecified atom stereocenters. The second-order valence-electron chi connectivity index (χ2n) is 4.36. The summed E-state index contributed by atoms with van der Waals surface area (Å²) in [5.74, 6) is -0.979. The van der Waals surface area contributed by atoms with Gasteiger partial charge in [-0.25, -0.2) is 13.2 Å². The van der Waals surface area contributed by atoms with Crippen molar-refractivity contribution in [1.29, 1.82) is 0 Å². The summed E-state index contributed by atoms with van der Waals surface area (Å²) in [7, 11) is -2.48. The molecule has 1 atom stereocenters. The fourth-order valence-electron chi connectivity index (χ4n) is 1.98. The second kappa shape index (κ2) is 6.30. The minimum Gasteiger partial charge on any atom is -0.495 e. The van der Waals surface area contributed by atoms with E-state index < -0.39 is 22.1 Å². The molecule has 7 nitrogen and oxygen atoms in total. The van der Waals surface area contributed by atoms with Gasteiger partial charge in [0.1, 0.15) is 10.6 Å². The third-order valence-corrected chi connectivity index (χ3v) is 5.43. The van der Waals surface area contributed by atoms with Gasteiger partial charge in [-0.2, -0.15) is 4.31 Å². The number of benzene rings is 1. The topological polar surface area (TPSA) is 93.1 Å². The van der Waals surface area contributed by atoms with E-state index in [9.17, 15) is 13.2 Å². The number of aliphatic carboxylic acids is 1. The van der Waals surface area contributed by atoms with Crippen molar-refractivity contribution in [3.05, 3.63) is 22.7 Å². The lowest BCUT2D eigenvalue weighted by atomic mass is 10.3. The van der Waals surface area contributed by atoms with Gasteiger partial charge in [0.15, 0.2) is 6.10 Å². The van der Waals surface area contributed by atoms with Crippen molar-refractivity contribution < 1.29 is 27.8 Å². The number of rotatable bonds is 4. The van der Waals surface area contributed by atoms with Crippen LogP contribution in [0.15, 0.2) is 27.6 Å². The Balaban J connectivity index is 2.38. The van der Waals surface area contributed by atoms with Crippen molar-refractivity contribution in [1.82, 2.24) is 4.31 Å². The molecule has 2 rings (SSSR count). The summed E-state index contributed by atoms with van der Waals surface area (Å²) < 4.78 is 37.1. The molecule has 1 aliphatic rings. The van der Waals surface area contributed by atoms with Crippen LogP contribution in [0.3, 0.4) is 0 Å². The maximum Gasteiger partial charge on any atom is 0.334 e. The zero-order valence-electron chi connectivity index (χ0n) is 11.2. The Morgan fingerprint density at radius 3 is 2.86 bits per heavy atom. The first-order chi connectivity index (χ1) is 9.86. The molecule has 1 aromatic carbocycles. The molecular formula is C12H14BrNO6S. The summed E-state index contributed by atoms with van der Waals surface area (Å²) in [6.45, 7) is -0.0956. The first-order valence-electron chi connectivity index (χ1n) is 6.04. The molecule has 116 valence electrons. The molecule has 1 aromatic rings. The van der Waals surface area contributed by atoms with Gasteiger partial charge in [0, 0.05) is 11.0 Å². The van der Waals surface area contributed by atoms with E-state index in [1.807, 2.05) is 0 Å². The first-order valence-corrected chi connectivity index (χ1v) is 8.27. The summed E-state index contributed by atoms with van der Waals surface area (Å²) >= 11 is 3.22. The lowest BCUT2D eigenvalue weighted by molar-refractivity contribution is -0.153. The van der Waals surface area contributed by atoms with Crippen LogP contribution in [0.25, 0.3) is 0 Å². The van der Waals surface area contributed by atoms with E-state index in [1.165, 1.54) is 19.2 Å². The minimum atomic E-state index is -3.86. The molecule has 0 spiro atoms. The van der Waals surface area contributed by atoms with Gasteiger partial charge in [-0.15, -0.1) is 0 Å². The Hall–Kier alpha value is -1.16. The van der Waals surface area contributed by atoms with Crippen LogP contribution in [0.2, 0.25) is 0 Å². The maximum atomic E-state index is 12.7. The predicted molar refractivity (Wildman–Crippen MR) is 76.8 cm³/mol. The number of morpholine rings is 1. The third kappa shape index (κ3) is 3.37. The van der Waals surface area contributed by atoms with Gasteiger partial charge in [0.25, 0.3) is 0 Å². The fraction of sp³-hybridized carbons (Fsp3) is 0.417. The maximum absolute atomic E-state index is 12.7. The normalized spacial score (nSPS) is 20.2. The molecule has 0 radical (unpaired) electrons. The highest BCUT2D eigenvalue weighted by Crippen LogP contribution is 2.30. The lowest BCUT2D eigenvalue weighted by Crippen LogP contribution is -2.48. The average Bonchev–Trinajstić information content (AvgIpc) is 2.47. The van der Waals surface area contributed by atoms with Crippen molar-refractivity contribution in [2.75, 3.05) is 26.8 Å². The van der Waals surface area contributed by atoms with Crippen molar-refractivity contribution in [2.24, 2.45) is 0 Å². The van der Waals surface area contributed by atoms with Gasteiger partial charge in [0.05, 0.1) is 20.3 Å². The highest BCUT2D eigenvalue weighted by Gasteiger charge is 2.35. The van der Waals surface area contributed by atoms with Crippen molar-refractivity contribution in [2.45, 2.75) is 11.0 Å². The molecule has 1 N–H and O–H groups in total. The highest BCUT2D eigenvalue weighted by atomic mass is 79.9. The van der Waals surface area contributed by atoms with E-state index in [1.54, 1.807) is 6.07 Å². The number of ether oxygens (including phenoxy) is 2. The number of hydrogen-bond donors (Lipinski definition) is 1. The monoisotopic (exact) mass is 379 g/mol. The van der Waals surface area contributed by atoms with E-state index in [2.05, 4.69) is 15.9 Å². The number of carbonyl (C=O) groups is 1. The molecule has 0 amide bonds. The van der Waals surface area contributed by atoms with Gasteiger partial charge < -0.3 is 14.6 Å². The molecule has 21 heavy (non-hydrogen) atoms. The number of halogens is 1. The Labute approximate surface area is 130 Å². The van der Waals surface area contributed by atoms with E-state index in [4.69, 9.17) is 14.6 Å². The van der Waals surface area contributed by atoms with Crippen LogP contribution in [-0.2, 0) is 19.6 Å². The van der Waals surface area contributed by atoms with Gasteiger partial charge in [0.2, 0.25) is 10.0 Å². The van der Waals surface area contributed by atoms with Gasteiger partial charge in [-0.05, 0) is 18.2 Å². The van der Waals surface area contributed by atoms with Crippen molar-refractivity contribution in [3.63, 3.8) is 0 Å². The average molecular weight is 380 g/mol. The quantitative estimate of drug-likeness (QED) is 0.836. The molecule has 0 bridgehead atoms. The minimum absolute atomic E-state index is 0.00888. The van der Waals surface area contributed by atoms with E-state index in [0.29, 0.717) is 4.47 Å². The van der Waals surface area contributed by atoms with Gasteiger partial charge in [-0.3, -0.25) is 0 Å². The number of methoxy groups -OCH3 is 1. The molecule has 0 aliphatic carbocycles. The molecular weight excluding hydrogens is 366 g/mol. The lowest BCUT2D eigenvalue weighted by Gasteiger charge is -2.30. The van der Waals surface area contributed by atoms with Crippen molar-refractivity contribution >= 4 is 31.9 Å². The zero-order valence-corrected chi connectivity index (χ0v) is 13.6. The highest BCUT2D eigenvalue weighted by molar-refractivity contribution is 9.10. The van der Waals surface area contributed by atoms with E-state index >= 15 is 0 Å². The standard InChI is InChI=1S/C12H14BrNO6S/c1-19-9-3-2-8(13)6-11(9)21(17,18)14-4-5-20-10(7-14)12(15)16/h2-3,6,10H,4-5,7H2,1H3,(H,15,16). The van der Waals surface area contributed by atoms with Gasteiger partial charge in [-0.1, -0.05) is 15.9 Å². The summed E-state index contributed by atoms with van der Waals surface area (Å²) in [6, 6.07) is 4.63.